The van der Waals surface area contributed by atoms with E-state index in [1.807, 2.05) is 6.07 Å². The Hall–Kier alpha value is -0.930. The molecule has 1 aliphatic heterocycles. The minimum atomic E-state index is 0. The maximum Gasteiger partial charge on any atom is 0.127 e. The number of rotatable bonds is 2. The normalized spacial score (nSPS) is 19.4. The number of hydrogen-bond acceptors (Lipinski definition) is 3. The van der Waals surface area contributed by atoms with Crippen LogP contribution in [-0.4, -0.2) is 18.8 Å². The monoisotopic (exact) mass is 215 g/mol. The van der Waals surface area contributed by atoms with Gasteiger partial charge >= 0.3 is 0 Å². The van der Waals surface area contributed by atoms with Gasteiger partial charge in [0, 0.05) is 6.04 Å². The van der Waals surface area contributed by atoms with Crippen LogP contribution in [0.2, 0.25) is 0 Å². The quantitative estimate of drug-likeness (QED) is 0.792. The summed E-state index contributed by atoms with van der Waals surface area (Å²) in [6, 6.07) is 5.61. The van der Waals surface area contributed by atoms with Crippen LogP contribution in [0.1, 0.15) is 18.0 Å². The van der Waals surface area contributed by atoms with E-state index >= 15 is 0 Å². The van der Waals surface area contributed by atoms with Crippen LogP contribution in [0.15, 0.2) is 18.2 Å². The Morgan fingerprint density at radius 3 is 2.71 bits per heavy atom. The molecule has 4 heteroatoms. The molecule has 1 heterocycles. The summed E-state index contributed by atoms with van der Waals surface area (Å²) in [6.45, 7) is 1.02. The molecule has 2 rings (SSSR count). The van der Waals surface area contributed by atoms with Crippen molar-refractivity contribution in [2.75, 3.05) is 13.7 Å². The predicted octanol–water partition coefficient (Wildman–Crippen LogP) is 1.86. The van der Waals surface area contributed by atoms with Crippen LogP contribution in [0.4, 0.5) is 0 Å². The Balaban J connectivity index is 0.000000980. The number of methoxy groups -OCH3 is 1. The second kappa shape index (κ2) is 4.53. The van der Waals surface area contributed by atoms with Crippen molar-refractivity contribution in [3.05, 3.63) is 23.8 Å². The van der Waals surface area contributed by atoms with Crippen molar-refractivity contribution < 1.29 is 9.84 Å². The van der Waals surface area contributed by atoms with Crippen molar-refractivity contribution >= 4 is 12.4 Å². The van der Waals surface area contributed by atoms with Gasteiger partial charge in [-0.05, 0) is 25.1 Å². The summed E-state index contributed by atoms with van der Waals surface area (Å²) in [6.07, 6.45) is 1.06. The molecule has 3 nitrogen and oxygen atoms in total. The number of ether oxygens (including phenoxy) is 1. The molecule has 1 aromatic rings. The number of aromatic hydroxyl groups is 1. The molecule has 2 N–H and O–H groups in total. The van der Waals surface area contributed by atoms with E-state index in [9.17, 15) is 5.11 Å². The van der Waals surface area contributed by atoms with Gasteiger partial charge < -0.3 is 15.2 Å². The summed E-state index contributed by atoms with van der Waals surface area (Å²) in [5, 5.41) is 12.9. The van der Waals surface area contributed by atoms with Gasteiger partial charge in [0.15, 0.2) is 0 Å². The average molecular weight is 216 g/mol. The minimum Gasteiger partial charge on any atom is -0.507 e. The Morgan fingerprint density at radius 2 is 2.21 bits per heavy atom. The lowest BCUT2D eigenvalue weighted by Crippen LogP contribution is -2.35. The third-order valence-electron chi connectivity index (χ3n) is 2.44. The third kappa shape index (κ3) is 1.79. The molecule has 1 saturated heterocycles. The van der Waals surface area contributed by atoms with Gasteiger partial charge in [0.2, 0.25) is 0 Å². The number of phenols is 1. The van der Waals surface area contributed by atoms with E-state index in [4.69, 9.17) is 4.74 Å². The first-order chi connectivity index (χ1) is 6.33. The molecule has 0 aromatic heterocycles. The minimum absolute atomic E-state index is 0. The van der Waals surface area contributed by atoms with Crippen LogP contribution in [0.25, 0.3) is 0 Å². The van der Waals surface area contributed by atoms with Gasteiger partial charge in [0.05, 0.1) is 12.7 Å². The Kier molecular flexibility index (Phi) is 3.61. The van der Waals surface area contributed by atoms with Crippen molar-refractivity contribution in [2.45, 2.75) is 12.5 Å². The molecule has 0 spiro atoms. The molecule has 1 atom stereocenters. The van der Waals surface area contributed by atoms with Crippen LogP contribution < -0.4 is 10.1 Å². The summed E-state index contributed by atoms with van der Waals surface area (Å²) in [5.74, 6) is 1.08. The first kappa shape index (κ1) is 11.1. The van der Waals surface area contributed by atoms with E-state index in [1.165, 1.54) is 0 Å². The van der Waals surface area contributed by atoms with Crippen LogP contribution in [0, 0.1) is 0 Å². The van der Waals surface area contributed by atoms with Crippen LogP contribution in [-0.2, 0) is 0 Å². The molecular formula is C10H14ClNO2. The smallest absolute Gasteiger partial charge is 0.127 e. The van der Waals surface area contributed by atoms with Gasteiger partial charge in [0.25, 0.3) is 0 Å². The van der Waals surface area contributed by atoms with Gasteiger partial charge in [0.1, 0.15) is 11.5 Å². The molecule has 14 heavy (non-hydrogen) atoms. The van der Waals surface area contributed by atoms with Crippen molar-refractivity contribution in [1.29, 1.82) is 0 Å². The van der Waals surface area contributed by atoms with E-state index in [0.717, 1.165) is 24.3 Å². The van der Waals surface area contributed by atoms with Gasteiger partial charge in [-0.25, -0.2) is 0 Å². The Labute approximate surface area is 89.5 Å². The summed E-state index contributed by atoms with van der Waals surface area (Å²) >= 11 is 0. The highest BCUT2D eigenvalue weighted by Crippen LogP contribution is 2.37. The molecule has 1 aliphatic rings. The predicted molar refractivity (Wildman–Crippen MR) is 57.3 cm³/mol. The number of nitrogens with one attached hydrogen (secondary N) is 1. The first-order valence-electron chi connectivity index (χ1n) is 4.42. The summed E-state index contributed by atoms with van der Waals surface area (Å²) in [7, 11) is 1.62. The molecule has 0 unspecified atom stereocenters. The zero-order chi connectivity index (χ0) is 9.26. The highest BCUT2D eigenvalue weighted by atomic mass is 35.5. The fraction of sp³-hybridized carbons (Fsp3) is 0.400. The molecule has 1 fully saturated rings. The average Bonchev–Trinajstić information content (AvgIpc) is 2.05. The van der Waals surface area contributed by atoms with E-state index in [-0.39, 0.29) is 18.4 Å². The molecule has 0 radical (unpaired) electrons. The zero-order valence-electron chi connectivity index (χ0n) is 7.99. The molecule has 0 aliphatic carbocycles. The number of hydrogen-bond donors (Lipinski definition) is 2. The molecule has 0 amide bonds. The van der Waals surface area contributed by atoms with Crippen LogP contribution in [0.3, 0.4) is 0 Å². The molecule has 0 bridgehead atoms. The maximum atomic E-state index is 9.64. The fourth-order valence-electron chi connectivity index (χ4n) is 1.60. The highest BCUT2D eigenvalue weighted by Gasteiger charge is 2.24. The standard InChI is InChI=1S/C10H13NO2.ClH/c1-13-9-4-2-3-8(12)10(9)7-5-6-11-7;/h2-4,7,11-12H,5-6H2,1H3;1H/t7-;/m1./s1. The van der Waals surface area contributed by atoms with E-state index < -0.39 is 0 Å². The molecule has 1 aromatic carbocycles. The zero-order valence-corrected chi connectivity index (χ0v) is 8.80. The lowest BCUT2D eigenvalue weighted by Gasteiger charge is -2.29. The largest absolute Gasteiger partial charge is 0.507 e. The lowest BCUT2D eigenvalue weighted by molar-refractivity contribution is 0.337. The summed E-state index contributed by atoms with van der Waals surface area (Å²) in [4.78, 5) is 0. The van der Waals surface area contributed by atoms with Crippen molar-refractivity contribution in [2.24, 2.45) is 0 Å². The highest BCUT2D eigenvalue weighted by molar-refractivity contribution is 5.85. The number of benzene rings is 1. The van der Waals surface area contributed by atoms with Gasteiger partial charge in [-0.1, -0.05) is 6.07 Å². The Bertz CT molecular complexity index is 313. The van der Waals surface area contributed by atoms with Crippen LogP contribution >= 0.6 is 12.4 Å². The third-order valence-corrected chi connectivity index (χ3v) is 2.44. The molecular weight excluding hydrogens is 202 g/mol. The SMILES string of the molecule is COc1cccc(O)c1[C@H]1CCN1.Cl. The fourth-order valence-corrected chi connectivity index (χ4v) is 1.60. The number of phenolic OH excluding ortho intramolecular Hbond substituents is 1. The van der Waals surface area contributed by atoms with E-state index in [0.29, 0.717) is 5.75 Å². The second-order valence-corrected chi connectivity index (χ2v) is 3.19. The van der Waals surface area contributed by atoms with E-state index in [1.54, 1.807) is 19.2 Å². The maximum absolute atomic E-state index is 9.64. The van der Waals surface area contributed by atoms with Crippen LogP contribution in [0.5, 0.6) is 11.5 Å². The first-order valence-corrected chi connectivity index (χ1v) is 4.42. The topological polar surface area (TPSA) is 41.5 Å². The van der Waals surface area contributed by atoms with Crippen molar-refractivity contribution in [3.63, 3.8) is 0 Å². The van der Waals surface area contributed by atoms with Gasteiger partial charge in [-0.15, -0.1) is 12.4 Å². The molecule has 0 saturated carbocycles. The van der Waals surface area contributed by atoms with Crippen molar-refractivity contribution in [3.8, 4) is 11.5 Å². The second-order valence-electron chi connectivity index (χ2n) is 3.19. The van der Waals surface area contributed by atoms with Gasteiger partial charge in [-0.3, -0.25) is 0 Å². The summed E-state index contributed by atoms with van der Waals surface area (Å²) in [5.41, 5.74) is 0.885. The molecule has 78 valence electrons. The Morgan fingerprint density at radius 1 is 1.50 bits per heavy atom. The lowest BCUT2D eigenvalue weighted by atomic mass is 9.96. The van der Waals surface area contributed by atoms with Crippen molar-refractivity contribution in [1.82, 2.24) is 5.32 Å². The summed E-state index contributed by atoms with van der Waals surface area (Å²) < 4.78 is 5.18. The number of halogens is 1. The van der Waals surface area contributed by atoms with Gasteiger partial charge in [-0.2, -0.15) is 0 Å². The van der Waals surface area contributed by atoms with E-state index in [2.05, 4.69) is 5.32 Å².